The predicted octanol–water partition coefficient (Wildman–Crippen LogP) is 4.54. The molecule has 1 N–H and O–H groups in total. The van der Waals surface area contributed by atoms with Gasteiger partial charge in [-0.2, -0.15) is 0 Å². The Balaban J connectivity index is 2.07. The smallest absolute Gasteiger partial charge is 0.244 e. The molecule has 0 aromatic heterocycles. The largest absolute Gasteiger partial charge is 0.354 e. The summed E-state index contributed by atoms with van der Waals surface area (Å²) in [5.41, 5.74) is 4.99. The zero-order valence-electron chi connectivity index (χ0n) is 23.5. The van der Waals surface area contributed by atoms with E-state index in [0.29, 0.717) is 18.7 Å². The lowest BCUT2D eigenvalue weighted by Crippen LogP contribution is -2.53. The summed E-state index contributed by atoms with van der Waals surface area (Å²) in [5, 5.41) is 2.95. The lowest BCUT2D eigenvalue weighted by molar-refractivity contribution is -0.140. The Morgan fingerprint density at radius 3 is 2.10 bits per heavy atom. The highest BCUT2D eigenvalue weighted by molar-refractivity contribution is 7.92. The third kappa shape index (κ3) is 8.42. The second-order valence-electron chi connectivity index (χ2n) is 10.1. The van der Waals surface area contributed by atoms with E-state index in [9.17, 15) is 18.0 Å². The van der Waals surface area contributed by atoms with E-state index in [1.807, 2.05) is 88.4 Å². The van der Waals surface area contributed by atoms with Gasteiger partial charge in [0.15, 0.2) is 0 Å². The fraction of sp³-hybridized carbons (Fsp3) is 0.355. The maximum absolute atomic E-state index is 14.1. The van der Waals surface area contributed by atoms with Crippen molar-refractivity contribution in [3.8, 4) is 0 Å². The zero-order chi connectivity index (χ0) is 28.6. The minimum atomic E-state index is -3.79. The zero-order valence-corrected chi connectivity index (χ0v) is 24.3. The molecule has 3 aromatic rings. The number of benzene rings is 3. The summed E-state index contributed by atoms with van der Waals surface area (Å²) in [7, 11) is -3.79. The summed E-state index contributed by atoms with van der Waals surface area (Å²) in [5.74, 6) is -0.713. The maximum atomic E-state index is 14.1. The molecule has 2 amide bonds. The van der Waals surface area contributed by atoms with Gasteiger partial charge in [-0.1, -0.05) is 67.6 Å². The summed E-state index contributed by atoms with van der Waals surface area (Å²) >= 11 is 0. The molecular formula is C31H39N3O4S. The van der Waals surface area contributed by atoms with E-state index in [2.05, 4.69) is 5.32 Å². The molecule has 0 spiro atoms. The topological polar surface area (TPSA) is 86.8 Å². The van der Waals surface area contributed by atoms with Gasteiger partial charge in [-0.3, -0.25) is 13.9 Å². The van der Waals surface area contributed by atoms with Gasteiger partial charge in [0.25, 0.3) is 0 Å². The van der Waals surface area contributed by atoms with Crippen molar-refractivity contribution in [3.63, 3.8) is 0 Å². The molecule has 1 unspecified atom stereocenters. The first-order chi connectivity index (χ1) is 18.5. The first kappa shape index (κ1) is 29.9. The number of nitrogens with zero attached hydrogens (tertiary/aromatic N) is 2. The van der Waals surface area contributed by atoms with Gasteiger partial charge >= 0.3 is 0 Å². The average molecular weight is 550 g/mol. The number of aryl methyl sites for hydroxylation is 3. The second-order valence-corrected chi connectivity index (χ2v) is 12.0. The van der Waals surface area contributed by atoms with Crippen molar-refractivity contribution in [1.29, 1.82) is 0 Å². The molecule has 39 heavy (non-hydrogen) atoms. The van der Waals surface area contributed by atoms with Crippen molar-refractivity contribution < 1.29 is 18.0 Å². The molecule has 0 radical (unpaired) electrons. The summed E-state index contributed by atoms with van der Waals surface area (Å²) in [6.07, 6.45) is 2.15. The molecule has 0 heterocycles. The number of carbonyl (C=O) groups is 2. The van der Waals surface area contributed by atoms with E-state index in [4.69, 9.17) is 0 Å². The first-order valence-corrected chi connectivity index (χ1v) is 15.1. The van der Waals surface area contributed by atoms with Gasteiger partial charge in [0.1, 0.15) is 12.6 Å². The van der Waals surface area contributed by atoms with E-state index >= 15 is 0 Å². The minimum absolute atomic E-state index is 0.174. The number of hydrogen-bond acceptors (Lipinski definition) is 4. The standard InChI is InChI=1S/C31H39N3O4S/c1-6-16-32-31(36)29(20-26-13-8-7-9-14-26)33(21-27-15-11-10-12-25(27)4)30(35)22-34(39(5,37)38)28-18-23(2)17-24(3)19-28/h7-15,17-19,29H,6,16,20-22H2,1-5H3,(H,32,36). The molecule has 3 aromatic carbocycles. The average Bonchev–Trinajstić information content (AvgIpc) is 2.88. The number of sulfonamides is 1. The van der Waals surface area contributed by atoms with Crippen LogP contribution in [0.25, 0.3) is 0 Å². The highest BCUT2D eigenvalue weighted by Gasteiger charge is 2.33. The maximum Gasteiger partial charge on any atom is 0.244 e. The van der Waals surface area contributed by atoms with Crippen LogP contribution >= 0.6 is 0 Å². The lowest BCUT2D eigenvalue weighted by atomic mass is 10.0. The Morgan fingerprint density at radius 2 is 1.51 bits per heavy atom. The van der Waals surface area contributed by atoms with Gasteiger partial charge < -0.3 is 10.2 Å². The van der Waals surface area contributed by atoms with E-state index < -0.39 is 28.5 Å². The van der Waals surface area contributed by atoms with Crippen LogP contribution in [-0.4, -0.2) is 50.5 Å². The molecular weight excluding hydrogens is 510 g/mol. The van der Waals surface area contributed by atoms with Crippen LogP contribution in [0.15, 0.2) is 72.8 Å². The highest BCUT2D eigenvalue weighted by atomic mass is 32.2. The van der Waals surface area contributed by atoms with E-state index in [1.54, 1.807) is 12.1 Å². The van der Waals surface area contributed by atoms with E-state index in [-0.39, 0.29) is 12.5 Å². The van der Waals surface area contributed by atoms with Crippen LogP contribution in [0.1, 0.15) is 41.2 Å². The summed E-state index contributed by atoms with van der Waals surface area (Å²) in [6.45, 7) is 7.94. The van der Waals surface area contributed by atoms with Crippen molar-refractivity contribution in [2.75, 3.05) is 23.7 Å². The summed E-state index contributed by atoms with van der Waals surface area (Å²) < 4.78 is 27.0. The molecule has 7 nitrogen and oxygen atoms in total. The van der Waals surface area contributed by atoms with Crippen LogP contribution in [0.3, 0.4) is 0 Å². The molecule has 1 atom stereocenters. The van der Waals surface area contributed by atoms with Crippen molar-refractivity contribution >= 4 is 27.5 Å². The number of nitrogens with one attached hydrogen (secondary N) is 1. The van der Waals surface area contributed by atoms with Crippen molar-refractivity contribution in [2.24, 2.45) is 0 Å². The molecule has 0 aliphatic carbocycles. The Morgan fingerprint density at radius 1 is 0.897 bits per heavy atom. The summed E-state index contributed by atoms with van der Waals surface area (Å²) in [4.78, 5) is 29.2. The molecule has 0 bridgehead atoms. The Bertz CT molecular complexity index is 1370. The van der Waals surface area contributed by atoms with Crippen LogP contribution in [0.5, 0.6) is 0 Å². The van der Waals surface area contributed by atoms with Gasteiger partial charge in [0.2, 0.25) is 21.8 Å². The fourth-order valence-corrected chi connectivity index (χ4v) is 5.43. The molecule has 0 aliphatic heterocycles. The second kappa shape index (κ2) is 13.4. The fourth-order valence-electron chi connectivity index (χ4n) is 4.60. The number of rotatable bonds is 12. The molecule has 208 valence electrons. The Kier molecular flexibility index (Phi) is 10.3. The van der Waals surface area contributed by atoms with Crippen molar-refractivity contribution in [3.05, 3.63) is 101 Å². The predicted molar refractivity (Wildman–Crippen MR) is 157 cm³/mol. The third-order valence-electron chi connectivity index (χ3n) is 6.60. The monoisotopic (exact) mass is 549 g/mol. The van der Waals surface area contributed by atoms with Crippen LogP contribution in [-0.2, 0) is 32.6 Å². The Labute approximate surface area is 232 Å². The highest BCUT2D eigenvalue weighted by Crippen LogP contribution is 2.23. The molecule has 0 aliphatic rings. The first-order valence-electron chi connectivity index (χ1n) is 13.2. The van der Waals surface area contributed by atoms with E-state index in [1.165, 1.54) is 4.90 Å². The van der Waals surface area contributed by atoms with Crippen molar-refractivity contribution in [1.82, 2.24) is 10.2 Å². The number of anilines is 1. The summed E-state index contributed by atoms with van der Waals surface area (Å²) in [6, 6.07) is 21.9. The lowest BCUT2D eigenvalue weighted by Gasteiger charge is -2.34. The number of hydrogen-bond donors (Lipinski definition) is 1. The number of amides is 2. The van der Waals surface area contributed by atoms with Gasteiger partial charge in [0.05, 0.1) is 11.9 Å². The normalized spacial score (nSPS) is 12.0. The number of carbonyl (C=O) groups excluding carboxylic acids is 2. The third-order valence-corrected chi connectivity index (χ3v) is 7.74. The molecule has 0 fully saturated rings. The van der Waals surface area contributed by atoms with Crippen LogP contribution in [0, 0.1) is 20.8 Å². The van der Waals surface area contributed by atoms with Crippen LogP contribution in [0.4, 0.5) is 5.69 Å². The van der Waals surface area contributed by atoms with Gasteiger partial charge in [0, 0.05) is 19.5 Å². The molecule has 0 saturated carbocycles. The molecule has 0 saturated heterocycles. The molecule has 3 rings (SSSR count). The van der Waals surface area contributed by atoms with Crippen molar-refractivity contribution in [2.45, 2.75) is 53.1 Å². The Hall–Kier alpha value is -3.65. The molecule has 8 heteroatoms. The van der Waals surface area contributed by atoms with Gasteiger partial charge in [-0.25, -0.2) is 8.42 Å². The van der Waals surface area contributed by atoms with Crippen LogP contribution in [0.2, 0.25) is 0 Å². The quantitative estimate of drug-likeness (QED) is 0.359. The van der Waals surface area contributed by atoms with E-state index in [0.717, 1.165) is 44.8 Å². The SMILES string of the molecule is CCCNC(=O)C(Cc1ccccc1)N(Cc1ccccc1C)C(=O)CN(c1cc(C)cc(C)c1)S(C)(=O)=O. The minimum Gasteiger partial charge on any atom is -0.354 e. The van der Waals surface area contributed by atoms with Crippen LogP contribution < -0.4 is 9.62 Å². The van der Waals surface area contributed by atoms with Gasteiger partial charge in [-0.05, 0) is 67.1 Å². The van der Waals surface area contributed by atoms with Gasteiger partial charge in [-0.15, -0.1) is 0 Å².